The summed E-state index contributed by atoms with van der Waals surface area (Å²) in [6.07, 6.45) is 10.6. The maximum atomic E-state index is 12.2. The third-order valence-electron chi connectivity index (χ3n) is 7.14. The summed E-state index contributed by atoms with van der Waals surface area (Å²) < 4.78 is 4.97. The van der Waals surface area contributed by atoms with Crippen molar-refractivity contribution in [3.8, 4) is 11.1 Å². The van der Waals surface area contributed by atoms with Gasteiger partial charge in [0.1, 0.15) is 0 Å². The van der Waals surface area contributed by atoms with E-state index in [0.29, 0.717) is 17.4 Å². The Kier molecular flexibility index (Phi) is 7.24. The highest BCUT2D eigenvalue weighted by molar-refractivity contribution is 5.97. The van der Waals surface area contributed by atoms with E-state index in [4.69, 9.17) is 9.73 Å². The van der Waals surface area contributed by atoms with Crippen LogP contribution >= 0.6 is 0 Å². The number of esters is 1. The van der Waals surface area contributed by atoms with Crippen LogP contribution in [0, 0.1) is 17.8 Å². The number of hydrogen-bond donors (Lipinski definition) is 0. The molecule has 0 saturated carbocycles. The van der Waals surface area contributed by atoms with Gasteiger partial charge >= 0.3 is 5.97 Å². The van der Waals surface area contributed by atoms with Crippen molar-refractivity contribution in [3.05, 3.63) is 70.9 Å². The lowest BCUT2D eigenvalue weighted by Gasteiger charge is -2.36. The summed E-state index contributed by atoms with van der Waals surface area (Å²) in [5, 5.41) is 0. The first-order chi connectivity index (χ1) is 15.6. The van der Waals surface area contributed by atoms with E-state index in [1.54, 1.807) is 5.57 Å². The van der Waals surface area contributed by atoms with Crippen molar-refractivity contribution in [2.24, 2.45) is 22.7 Å². The van der Waals surface area contributed by atoms with Crippen LogP contribution in [0.3, 0.4) is 0 Å². The molecule has 0 amide bonds. The van der Waals surface area contributed by atoms with Gasteiger partial charge in [-0.3, -0.25) is 4.99 Å². The van der Waals surface area contributed by atoms with E-state index in [-0.39, 0.29) is 5.97 Å². The van der Waals surface area contributed by atoms with Crippen LogP contribution in [0.2, 0.25) is 0 Å². The average molecular weight is 430 g/mol. The molecule has 0 saturated heterocycles. The molecule has 3 atom stereocenters. The standard InChI is InChI=1S/C29H35NO2/c1-4-5-8-23-19-30-28-16-11-20(2)17-27(28)26(23)18-21-12-14-22(15-13-21)24-9-6-7-10-25(24)29(31)32-3/h6-7,9-10,12-15,19-20,23,26H,4-5,8,11,16-18H2,1-3H3. The Bertz CT molecular complexity index is 1000. The molecule has 3 nitrogen and oxygen atoms in total. The fourth-order valence-corrected chi connectivity index (χ4v) is 5.29. The van der Waals surface area contributed by atoms with Crippen LogP contribution in [0.15, 0.2) is 64.8 Å². The Balaban J connectivity index is 1.58. The van der Waals surface area contributed by atoms with Gasteiger partial charge in [-0.25, -0.2) is 4.79 Å². The van der Waals surface area contributed by atoms with Crippen LogP contribution in [0.4, 0.5) is 0 Å². The highest BCUT2D eigenvalue weighted by Gasteiger charge is 2.32. The monoisotopic (exact) mass is 429 g/mol. The summed E-state index contributed by atoms with van der Waals surface area (Å²) in [6, 6.07) is 16.4. The second kappa shape index (κ2) is 10.3. The van der Waals surface area contributed by atoms with Crippen molar-refractivity contribution in [2.75, 3.05) is 7.11 Å². The number of carbonyl (C=O) groups excluding carboxylic acids is 1. The Morgan fingerprint density at radius 3 is 2.66 bits per heavy atom. The van der Waals surface area contributed by atoms with Gasteiger partial charge in [0.2, 0.25) is 0 Å². The first-order valence-electron chi connectivity index (χ1n) is 12.1. The highest BCUT2D eigenvalue weighted by Crippen LogP contribution is 2.42. The second-order valence-electron chi connectivity index (χ2n) is 9.45. The fourth-order valence-electron chi connectivity index (χ4n) is 5.29. The van der Waals surface area contributed by atoms with Crippen LogP contribution in [0.5, 0.6) is 0 Å². The van der Waals surface area contributed by atoms with Crippen LogP contribution < -0.4 is 0 Å². The quantitative estimate of drug-likeness (QED) is 0.434. The lowest BCUT2D eigenvalue weighted by atomic mass is 9.71. The third kappa shape index (κ3) is 4.87. The molecule has 3 heteroatoms. The molecule has 0 fully saturated rings. The van der Waals surface area contributed by atoms with Crippen molar-refractivity contribution in [3.63, 3.8) is 0 Å². The van der Waals surface area contributed by atoms with E-state index in [1.807, 2.05) is 24.3 Å². The van der Waals surface area contributed by atoms with E-state index in [9.17, 15) is 4.79 Å². The van der Waals surface area contributed by atoms with Gasteiger partial charge in [0, 0.05) is 17.8 Å². The molecule has 2 aliphatic rings. The molecule has 168 valence electrons. The van der Waals surface area contributed by atoms with E-state index in [0.717, 1.165) is 29.9 Å². The zero-order valence-electron chi connectivity index (χ0n) is 19.6. The predicted molar refractivity (Wildman–Crippen MR) is 132 cm³/mol. The number of rotatable bonds is 7. The lowest BCUT2D eigenvalue weighted by molar-refractivity contribution is 0.0601. The normalized spacial score (nSPS) is 22.5. The first kappa shape index (κ1) is 22.5. The predicted octanol–water partition coefficient (Wildman–Crippen LogP) is 7.26. The highest BCUT2D eigenvalue weighted by atomic mass is 16.5. The minimum atomic E-state index is -0.296. The SMILES string of the molecule is CCCCC1C=NC2=C(CC(C)CC2)C1Cc1ccc(-c2ccccc2C(=O)OC)cc1. The molecular formula is C29H35NO2. The smallest absolute Gasteiger partial charge is 0.338 e. The van der Waals surface area contributed by atoms with Crippen molar-refractivity contribution in [1.82, 2.24) is 0 Å². The van der Waals surface area contributed by atoms with E-state index in [2.05, 4.69) is 44.3 Å². The van der Waals surface area contributed by atoms with Gasteiger partial charge in [0.15, 0.2) is 0 Å². The summed E-state index contributed by atoms with van der Waals surface area (Å²) in [5.41, 5.74) is 6.92. The molecule has 1 aliphatic heterocycles. The van der Waals surface area contributed by atoms with E-state index >= 15 is 0 Å². The van der Waals surface area contributed by atoms with Crippen LogP contribution in [-0.4, -0.2) is 19.3 Å². The molecule has 0 bridgehead atoms. The molecule has 2 aromatic rings. The molecule has 2 aromatic carbocycles. The zero-order chi connectivity index (χ0) is 22.5. The third-order valence-corrected chi connectivity index (χ3v) is 7.14. The molecule has 32 heavy (non-hydrogen) atoms. The lowest BCUT2D eigenvalue weighted by Crippen LogP contribution is -2.28. The number of benzene rings is 2. The summed E-state index contributed by atoms with van der Waals surface area (Å²) >= 11 is 0. The number of unbranched alkanes of at least 4 members (excludes halogenated alkanes) is 1. The van der Waals surface area contributed by atoms with Crippen molar-refractivity contribution in [1.29, 1.82) is 0 Å². The first-order valence-corrected chi connectivity index (χ1v) is 12.1. The minimum Gasteiger partial charge on any atom is -0.465 e. The number of ether oxygens (including phenoxy) is 1. The van der Waals surface area contributed by atoms with Gasteiger partial charge in [0.05, 0.1) is 12.7 Å². The van der Waals surface area contributed by atoms with Gasteiger partial charge < -0.3 is 4.74 Å². The molecule has 1 heterocycles. The van der Waals surface area contributed by atoms with Gasteiger partial charge in [0.25, 0.3) is 0 Å². The number of methoxy groups -OCH3 is 1. The summed E-state index contributed by atoms with van der Waals surface area (Å²) in [7, 11) is 1.43. The summed E-state index contributed by atoms with van der Waals surface area (Å²) in [5.74, 6) is 1.56. The number of nitrogens with zero attached hydrogens (tertiary/aromatic N) is 1. The number of hydrogen-bond acceptors (Lipinski definition) is 3. The van der Waals surface area contributed by atoms with Crippen molar-refractivity contribution in [2.45, 2.75) is 58.8 Å². The average Bonchev–Trinajstić information content (AvgIpc) is 2.83. The number of allylic oxidation sites excluding steroid dienone is 2. The topological polar surface area (TPSA) is 38.7 Å². The van der Waals surface area contributed by atoms with Gasteiger partial charge in [-0.15, -0.1) is 0 Å². The molecule has 0 aromatic heterocycles. The second-order valence-corrected chi connectivity index (χ2v) is 9.45. The largest absolute Gasteiger partial charge is 0.465 e. The Hall–Kier alpha value is -2.68. The van der Waals surface area contributed by atoms with E-state index in [1.165, 1.54) is 50.5 Å². The maximum Gasteiger partial charge on any atom is 0.338 e. The zero-order valence-corrected chi connectivity index (χ0v) is 19.6. The molecule has 4 rings (SSSR count). The number of aliphatic imine (C=N–C) groups is 1. The van der Waals surface area contributed by atoms with Crippen molar-refractivity contribution < 1.29 is 9.53 Å². The number of carbonyl (C=O) groups is 1. The van der Waals surface area contributed by atoms with Gasteiger partial charge in [-0.2, -0.15) is 0 Å². The Labute approximate surface area is 192 Å². The van der Waals surface area contributed by atoms with Crippen LogP contribution in [0.1, 0.15) is 68.3 Å². The molecular weight excluding hydrogens is 394 g/mol. The maximum absolute atomic E-state index is 12.2. The molecule has 0 spiro atoms. The van der Waals surface area contributed by atoms with Gasteiger partial charge in [-0.1, -0.05) is 69.2 Å². The fraction of sp³-hybridized carbons (Fsp3) is 0.448. The van der Waals surface area contributed by atoms with Crippen LogP contribution in [-0.2, 0) is 11.2 Å². The molecule has 1 aliphatic carbocycles. The Morgan fingerprint density at radius 2 is 1.91 bits per heavy atom. The minimum absolute atomic E-state index is 0.296. The molecule has 0 N–H and O–H groups in total. The van der Waals surface area contributed by atoms with Gasteiger partial charge in [-0.05, 0) is 72.3 Å². The van der Waals surface area contributed by atoms with E-state index < -0.39 is 0 Å². The summed E-state index contributed by atoms with van der Waals surface area (Å²) in [4.78, 5) is 17.1. The molecule has 0 radical (unpaired) electrons. The molecule has 3 unspecified atom stereocenters. The Morgan fingerprint density at radius 1 is 1.12 bits per heavy atom. The van der Waals surface area contributed by atoms with Crippen molar-refractivity contribution >= 4 is 12.2 Å². The summed E-state index contributed by atoms with van der Waals surface area (Å²) in [6.45, 7) is 4.65. The van der Waals surface area contributed by atoms with Crippen LogP contribution in [0.25, 0.3) is 11.1 Å².